The number of para-hydroxylation sites is 1. The summed E-state index contributed by atoms with van der Waals surface area (Å²) in [6.07, 6.45) is 3.14. The van der Waals surface area contributed by atoms with E-state index in [2.05, 4.69) is 10.2 Å². The molecule has 1 amide bonds. The molecule has 1 saturated heterocycles. The van der Waals surface area contributed by atoms with Crippen molar-refractivity contribution in [2.24, 2.45) is 0 Å². The predicted octanol–water partition coefficient (Wildman–Crippen LogP) is 1.46. The van der Waals surface area contributed by atoms with Crippen molar-refractivity contribution in [1.29, 1.82) is 0 Å². The van der Waals surface area contributed by atoms with E-state index in [1.165, 1.54) is 0 Å². The minimum absolute atomic E-state index is 0.0887. The number of nitrogens with zero attached hydrogens (tertiary/aromatic N) is 1. The first-order chi connectivity index (χ1) is 10.7. The molecular formula is C17H26N2O3. The van der Waals surface area contributed by atoms with Gasteiger partial charge in [0.15, 0.2) is 0 Å². The maximum Gasteiger partial charge on any atom is 0.234 e. The lowest BCUT2D eigenvalue weighted by Gasteiger charge is -2.30. The smallest absolute Gasteiger partial charge is 0.234 e. The maximum absolute atomic E-state index is 12.0. The lowest BCUT2D eigenvalue weighted by molar-refractivity contribution is -0.122. The summed E-state index contributed by atoms with van der Waals surface area (Å²) in [6, 6.07) is 7.90. The van der Waals surface area contributed by atoms with Crippen molar-refractivity contribution in [1.82, 2.24) is 10.2 Å². The maximum atomic E-state index is 12.0. The number of hydrogen-bond donors (Lipinski definition) is 1. The van der Waals surface area contributed by atoms with E-state index in [9.17, 15) is 4.79 Å². The van der Waals surface area contributed by atoms with Crippen molar-refractivity contribution in [3.05, 3.63) is 29.8 Å². The van der Waals surface area contributed by atoms with E-state index in [1.54, 1.807) is 14.2 Å². The fourth-order valence-electron chi connectivity index (χ4n) is 2.81. The Bertz CT molecular complexity index is 471. The van der Waals surface area contributed by atoms with Crippen molar-refractivity contribution in [2.75, 3.05) is 40.4 Å². The van der Waals surface area contributed by atoms with Crippen LogP contribution in [0.15, 0.2) is 24.3 Å². The van der Waals surface area contributed by atoms with Crippen molar-refractivity contribution < 1.29 is 14.3 Å². The third kappa shape index (κ3) is 5.00. The highest BCUT2D eigenvalue weighted by molar-refractivity contribution is 5.78. The summed E-state index contributed by atoms with van der Waals surface area (Å²) in [5.74, 6) is 0.962. The van der Waals surface area contributed by atoms with Crippen molar-refractivity contribution in [2.45, 2.75) is 25.4 Å². The molecule has 1 N–H and O–H groups in total. The molecule has 5 heteroatoms. The van der Waals surface area contributed by atoms with Crippen LogP contribution >= 0.6 is 0 Å². The standard InChI is InChI=1S/C17H26N2O3/c1-21-15-8-11-19(12-9-15)13-17(20)18-10-7-14-5-3-4-6-16(14)22-2/h3-6,15H,7-13H2,1-2H3,(H,18,20). The molecule has 0 radical (unpaired) electrons. The largest absolute Gasteiger partial charge is 0.496 e. The van der Waals surface area contributed by atoms with Gasteiger partial charge in [0, 0.05) is 26.7 Å². The van der Waals surface area contributed by atoms with Crippen LogP contribution in [0.3, 0.4) is 0 Å². The molecule has 0 atom stereocenters. The van der Waals surface area contributed by atoms with Gasteiger partial charge in [0.25, 0.3) is 0 Å². The Hall–Kier alpha value is -1.59. The zero-order valence-corrected chi connectivity index (χ0v) is 13.5. The topological polar surface area (TPSA) is 50.8 Å². The van der Waals surface area contributed by atoms with Crippen molar-refractivity contribution >= 4 is 5.91 Å². The van der Waals surface area contributed by atoms with Gasteiger partial charge < -0.3 is 14.8 Å². The number of carbonyl (C=O) groups excluding carboxylic acids is 1. The van der Waals surface area contributed by atoms with Crippen LogP contribution in [0.5, 0.6) is 5.75 Å². The van der Waals surface area contributed by atoms with Gasteiger partial charge >= 0.3 is 0 Å². The predicted molar refractivity (Wildman–Crippen MR) is 86.2 cm³/mol. The monoisotopic (exact) mass is 306 g/mol. The van der Waals surface area contributed by atoms with Crippen LogP contribution in [0.2, 0.25) is 0 Å². The Labute approximate surface area is 132 Å². The summed E-state index contributed by atoms with van der Waals surface area (Å²) in [4.78, 5) is 14.2. The zero-order valence-electron chi connectivity index (χ0n) is 13.5. The second-order valence-corrected chi connectivity index (χ2v) is 5.62. The van der Waals surface area contributed by atoms with Crippen LogP contribution in [-0.2, 0) is 16.0 Å². The number of nitrogens with one attached hydrogen (secondary N) is 1. The Balaban J connectivity index is 1.68. The number of methoxy groups -OCH3 is 2. The number of likely N-dealkylation sites (tertiary alicyclic amines) is 1. The van der Waals surface area contributed by atoms with Gasteiger partial charge in [-0.2, -0.15) is 0 Å². The van der Waals surface area contributed by atoms with E-state index in [0.717, 1.165) is 43.7 Å². The number of piperidine rings is 1. The molecule has 0 spiro atoms. The van der Waals surface area contributed by atoms with Crippen molar-refractivity contribution in [3.63, 3.8) is 0 Å². The van der Waals surface area contributed by atoms with Gasteiger partial charge in [-0.15, -0.1) is 0 Å². The number of benzene rings is 1. The minimum Gasteiger partial charge on any atom is -0.496 e. The molecule has 1 heterocycles. The van der Waals surface area contributed by atoms with E-state index in [-0.39, 0.29) is 5.91 Å². The van der Waals surface area contributed by atoms with E-state index in [1.807, 2.05) is 24.3 Å². The Morgan fingerprint density at radius 3 is 2.68 bits per heavy atom. The van der Waals surface area contributed by atoms with Gasteiger partial charge in [-0.05, 0) is 30.9 Å². The van der Waals surface area contributed by atoms with Crippen LogP contribution in [-0.4, -0.2) is 57.3 Å². The molecule has 0 unspecified atom stereocenters. The SMILES string of the molecule is COc1ccccc1CCNC(=O)CN1CCC(OC)CC1. The molecule has 0 aliphatic carbocycles. The normalized spacial score (nSPS) is 16.5. The number of carbonyl (C=O) groups is 1. The number of ether oxygens (including phenoxy) is 2. The van der Waals surface area contributed by atoms with E-state index >= 15 is 0 Å². The number of hydrogen-bond acceptors (Lipinski definition) is 4. The Kier molecular flexibility index (Phi) is 6.68. The number of amides is 1. The summed E-state index contributed by atoms with van der Waals surface area (Å²) in [5, 5.41) is 2.99. The van der Waals surface area contributed by atoms with Gasteiger partial charge in [-0.1, -0.05) is 18.2 Å². The second-order valence-electron chi connectivity index (χ2n) is 5.62. The van der Waals surface area contributed by atoms with Gasteiger partial charge in [0.05, 0.1) is 19.8 Å². The quantitative estimate of drug-likeness (QED) is 0.829. The Morgan fingerprint density at radius 2 is 2.00 bits per heavy atom. The first kappa shape index (κ1) is 16.8. The first-order valence-electron chi connectivity index (χ1n) is 7.86. The minimum atomic E-state index is 0.0887. The first-order valence-corrected chi connectivity index (χ1v) is 7.86. The lowest BCUT2D eigenvalue weighted by atomic mass is 10.1. The summed E-state index contributed by atoms with van der Waals surface area (Å²) in [5.41, 5.74) is 1.12. The molecule has 5 nitrogen and oxygen atoms in total. The third-order valence-corrected chi connectivity index (χ3v) is 4.14. The lowest BCUT2D eigenvalue weighted by Crippen LogP contribution is -2.43. The average Bonchev–Trinajstić information content (AvgIpc) is 2.56. The van der Waals surface area contributed by atoms with E-state index < -0.39 is 0 Å². The fraction of sp³-hybridized carbons (Fsp3) is 0.588. The van der Waals surface area contributed by atoms with E-state index in [4.69, 9.17) is 9.47 Å². The molecule has 0 saturated carbocycles. The van der Waals surface area contributed by atoms with Gasteiger partial charge in [0.2, 0.25) is 5.91 Å². The summed E-state index contributed by atoms with van der Waals surface area (Å²) >= 11 is 0. The van der Waals surface area contributed by atoms with Crippen LogP contribution < -0.4 is 10.1 Å². The van der Waals surface area contributed by atoms with Crippen molar-refractivity contribution in [3.8, 4) is 5.75 Å². The summed E-state index contributed by atoms with van der Waals surface area (Å²) in [6.45, 7) is 2.97. The summed E-state index contributed by atoms with van der Waals surface area (Å²) in [7, 11) is 3.42. The molecule has 0 bridgehead atoms. The second kappa shape index (κ2) is 8.76. The molecule has 122 valence electrons. The van der Waals surface area contributed by atoms with Crippen LogP contribution in [0.25, 0.3) is 0 Å². The Morgan fingerprint density at radius 1 is 1.27 bits per heavy atom. The highest BCUT2D eigenvalue weighted by Crippen LogP contribution is 2.17. The van der Waals surface area contributed by atoms with Crippen LogP contribution in [0.1, 0.15) is 18.4 Å². The van der Waals surface area contributed by atoms with Gasteiger partial charge in [0.1, 0.15) is 5.75 Å². The highest BCUT2D eigenvalue weighted by Gasteiger charge is 2.20. The molecule has 2 rings (SSSR count). The molecule has 22 heavy (non-hydrogen) atoms. The summed E-state index contributed by atoms with van der Waals surface area (Å²) < 4.78 is 10.7. The molecule has 0 aromatic heterocycles. The van der Waals surface area contributed by atoms with Crippen LogP contribution in [0, 0.1) is 0 Å². The average molecular weight is 306 g/mol. The van der Waals surface area contributed by atoms with Gasteiger partial charge in [-0.3, -0.25) is 9.69 Å². The number of rotatable bonds is 7. The fourth-order valence-corrected chi connectivity index (χ4v) is 2.81. The highest BCUT2D eigenvalue weighted by atomic mass is 16.5. The molecule has 1 fully saturated rings. The molecule has 1 aliphatic rings. The molecule has 1 aromatic carbocycles. The van der Waals surface area contributed by atoms with Gasteiger partial charge in [-0.25, -0.2) is 0 Å². The zero-order chi connectivity index (χ0) is 15.8. The van der Waals surface area contributed by atoms with E-state index in [0.29, 0.717) is 19.2 Å². The molecular weight excluding hydrogens is 280 g/mol. The molecule has 1 aromatic rings. The molecule has 1 aliphatic heterocycles. The third-order valence-electron chi connectivity index (χ3n) is 4.14. The van der Waals surface area contributed by atoms with Crippen LogP contribution in [0.4, 0.5) is 0 Å².